The molecule has 2 aromatic carbocycles. The Bertz CT molecular complexity index is 961. The summed E-state index contributed by atoms with van der Waals surface area (Å²) in [5.41, 5.74) is -0.631. The van der Waals surface area contributed by atoms with Crippen molar-refractivity contribution in [2.45, 2.75) is 70.1 Å². The second-order valence-corrected chi connectivity index (χ2v) is 9.84. The Hall–Kier alpha value is -3.35. The number of carboxylic acids is 1. The summed E-state index contributed by atoms with van der Waals surface area (Å²) in [5.74, 6) is -1.20. The molecule has 0 spiro atoms. The number of alkyl carbamates (subject to hydrolysis) is 1. The number of ether oxygens (including phenoxy) is 1. The SMILES string of the molecule is CC(NC(=O)OC(C)(C)C)C(=O)N1CCCC1CC(C(=O)O)(c1ccccc1)c1ccccc1. The molecule has 182 valence electrons. The third-order valence-corrected chi connectivity index (χ3v) is 6.20. The minimum atomic E-state index is -1.31. The van der Waals surface area contributed by atoms with Crippen LogP contribution in [0.25, 0.3) is 0 Å². The van der Waals surface area contributed by atoms with Gasteiger partial charge in [0, 0.05) is 12.6 Å². The van der Waals surface area contributed by atoms with Gasteiger partial charge in [-0.2, -0.15) is 0 Å². The summed E-state index contributed by atoms with van der Waals surface area (Å²) in [6, 6.07) is 17.3. The van der Waals surface area contributed by atoms with Crippen molar-refractivity contribution in [1.82, 2.24) is 10.2 Å². The molecule has 1 saturated heterocycles. The van der Waals surface area contributed by atoms with E-state index in [4.69, 9.17) is 4.74 Å². The van der Waals surface area contributed by atoms with Crippen molar-refractivity contribution >= 4 is 18.0 Å². The first-order chi connectivity index (χ1) is 16.0. The highest BCUT2D eigenvalue weighted by Crippen LogP contribution is 2.40. The molecule has 0 aromatic heterocycles. The Kier molecular flexibility index (Phi) is 7.64. The number of likely N-dealkylation sites (tertiary alicyclic amines) is 1. The fourth-order valence-electron chi connectivity index (χ4n) is 4.67. The standard InChI is InChI=1S/C27H34N2O5/c1-19(28-25(33)34-26(2,3)4)23(30)29-17-11-16-22(29)18-27(24(31)32,20-12-7-5-8-13-20)21-14-9-6-10-15-21/h5-10,12-15,19,22H,11,16-18H2,1-4H3,(H,28,33)(H,31,32). The second-order valence-electron chi connectivity index (χ2n) is 9.84. The van der Waals surface area contributed by atoms with Gasteiger partial charge in [0.05, 0.1) is 0 Å². The van der Waals surface area contributed by atoms with Crippen LogP contribution in [-0.2, 0) is 19.7 Å². The van der Waals surface area contributed by atoms with E-state index in [0.717, 1.165) is 6.42 Å². The molecule has 34 heavy (non-hydrogen) atoms. The zero-order valence-electron chi connectivity index (χ0n) is 20.3. The van der Waals surface area contributed by atoms with E-state index in [1.54, 1.807) is 32.6 Å². The molecule has 2 amide bonds. The molecule has 2 N–H and O–H groups in total. The third-order valence-electron chi connectivity index (χ3n) is 6.20. The first kappa shape index (κ1) is 25.3. The molecular formula is C27H34N2O5. The Morgan fingerprint density at radius 3 is 2.03 bits per heavy atom. The van der Waals surface area contributed by atoms with Gasteiger partial charge in [0.2, 0.25) is 5.91 Å². The molecule has 7 nitrogen and oxygen atoms in total. The lowest BCUT2D eigenvalue weighted by Crippen LogP contribution is -2.51. The van der Waals surface area contributed by atoms with E-state index >= 15 is 0 Å². The summed E-state index contributed by atoms with van der Waals surface area (Å²) in [7, 11) is 0. The second kappa shape index (κ2) is 10.3. The van der Waals surface area contributed by atoms with Gasteiger partial charge in [0.25, 0.3) is 0 Å². The van der Waals surface area contributed by atoms with Crippen LogP contribution in [0.1, 0.15) is 58.1 Å². The van der Waals surface area contributed by atoms with Crippen LogP contribution in [0.2, 0.25) is 0 Å². The number of carbonyl (C=O) groups is 3. The van der Waals surface area contributed by atoms with Gasteiger partial charge in [-0.1, -0.05) is 60.7 Å². The van der Waals surface area contributed by atoms with Crippen LogP contribution in [0, 0.1) is 0 Å². The van der Waals surface area contributed by atoms with E-state index in [1.807, 2.05) is 60.7 Å². The van der Waals surface area contributed by atoms with Crippen molar-refractivity contribution < 1.29 is 24.2 Å². The van der Waals surface area contributed by atoms with Crippen LogP contribution in [0.5, 0.6) is 0 Å². The van der Waals surface area contributed by atoms with Crippen molar-refractivity contribution in [2.24, 2.45) is 0 Å². The van der Waals surface area contributed by atoms with E-state index in [-0.39, 0.29) is 18.4 Å². The van der Waals surface area contributed by atoms with Crippen molar-refractivity contribution in [3.05, 3.63) is 71.8 Å². The van der Waals surface area contributed by atoms with Crippen LogP contribution >= 0.6 is 0 Å². The van der Waals surface area contributed by atoms with Gasteiger partial charge in [-0.05, 0) is 58.1 Å². The molecule has 0 aliphatic carbocycles. The average molecular weight is 467 g/mol. The van der Waals surface area contributed by atoms with Gasteiger partial charge >= 0.3 is 12.1 Å². The van der Waals surface area contributed by atoms with Gasteiger partial charge in [-0.25, -0.2) is 4.79 Å². The topological polar surface area (TPSA) is 95.9 Å². The van der Waals surface area contributed by atoms with Crippen molar-refractivity contribution in [3.63, 3.8) is 0 Å². The molecule has 1 aliphatic rings. The van der Waals surface area contributed by atoms with Gasteiger partial charge < -0.3 is 20.1 Å². The van der Waals surface area contributed by atoms with E-state index in [9.17, 15) is 19.5 Å². The molecular weight excluding hydrogens is 432 g/mol. The average Bonchev–Trinajstić information content (AvgIpc) is 3.24. The van der Waals surface area contributed by atoms with E-state index in [0.29, 0.717) is 24.1 Å². The smallest absolute Gasteiger partial charge is 0.408 e. The molecule has 2 atom stereocenters. The maximum atomic E-state index is 13.3. The molecule has 0 radical (unpaired) electrons. The van der Waals surface area contributed by atoms with Crippen LogP contribution in [0.3, 0.4) is 0 Å². The lowest BCUT2D eigenvalue weighted by atomic mass is 9.70. The summed E-state index contributed by atoms with van der Waals surface area (Å²) in [5, 5.41) is 13.2. The predicted octanol–water partition coefficient (Wildman–Crippen LogP) is 4.35. The largest absolute Gasteiger partial charge is 0.480 e. The summed E-state index contributed by atoms with van der Waals surface area (Å²) >= 11 is 0. The maximum Gasteiger partial charge on any atom is 0.408 e. The van der Waals surface area contributed by atoms with Crippen LogP contribution < -0.4 is 5.32 Å². The zero-order chi connectivity index (χ0) is 24.9. The number of aliphatic carboxylic acids is 1. The molecule has 1 fully saturated rings. The van der Waals surface area contributed by atoms with Crippen molar-refractivity contribution in [1.29, 1.82) is 0 Å². The van der Waals surface area contributed by atoms with Crippen LogP contribution in [-0.4, -0.2) is 52.2 Å². The number of nitrogens with zero attached hydrogens (tertiary/aromatic N) is 1. The highest BCUT2D eigenvalue weighted by molar-refractivity contribution is 5.88. The number of rotatable bonds is 7. The fourth-order valence-corrected chi connectivity index (χ4v) is 4.67. The van der Waals surface area contributed by atoms with Gasteiger partial charge in [-0.15, -0.1) is 0 Å². The van der Waals surface area contributed by atoms with Crippen LogP contribution in [0.15, 0.2) is 60.7 Å². The predicted molar refractivity (Wildman–Crippen MR) is 129 cm³/mol. The summed E-state index contributed by atoms with van der Waals surface area (Å²) < 4.78 is 5.28. The minimum Gasteiger partial charge on any atom is -0.480 e. The van der Waals surface area contributed by atoms with E-state index in [1.165, 1.54) is 0 Å². The number of benzene rings is 2. The summed E-state index contributed by atoms with van der Waals surface area (Å²) in [6.45, 7) is 7.42. The molecule has 2 unspecified atom stereocenters. The monoisotopic (exact) mass is 466 g/mol. The maximum absolute atomic E-state index is 13.3. The third kappa shape index (κ3) is 5.58. The molecule has 0 bridgehead atoms. The zero-order valence-corrected chi connectivity index (χ0v) is 20.3. The number of carboxylic acid groups (broad SMARTS) is 1. The molecule has 1 heterocycles. The summed E-state index contributed by atoms with van der Waals surface area (Å²) in [6.07, 6.45) is 1.05. The highest BCUT2D eigenvalue weighted by Gasteiger charge is 2.47. The Morgan fingerprint density at radius 2 is 1.56 bits per heavy atom. The summed E-state index contributed by atoms with van der Waals surface area (Å²) in [4.78, 5) is 40.1. The number of hydrogen-bond acceptors (Lipinski definition) is 4. The molecule has 3 rings (SSSR count). The number of nitrogens with one attached hydrogen (secondary N) is 1. The number of amides is 2. The van der Waals surface area contributed by atoms with Gasteiger partial charge in [-0.3, -0.25) is 9.59 Å². The van der Waals surface area contributed by atoms with E-state index in [2.05, 4.69) is 5.32 Å². The lowest BCUT2D eigenvalue weighted by Gasteiger charge is -2.37. The first-order valence-corrected chi connectivity index (χ1v) is 11.7. The van der Waals surface area contributed by atoms with Gasteiger partial charge in [0.15, 0.2) is 0 Å². The first-order valence-electron chi connectivity index (χ1n) is 11.7. The normalized spacial score (nSPS) is 17.2. The number of carbonyl (C=O) groups excluding carboxylic acids is 2. The Labute approximate surface area is 201 Å². The van der Waals surface area contributed by atoms with Gasteiger partial charge in [0.1, 0.15) is 17.1 Å². The highest BCUT2D eigenvalue weighted by atomic mass is 16.6. The van der Waals surface area contributed by atoms with Crippen molar-refractivity contribution in [3.8, 4) is 0 Å². The van der Waals surface area contributed by atoms with E-state index < -0.39 is 29.1 Å². The molecule has 7 heteroatoms. The Morgan fingerprint density at radius 1 is 1.03 bits per heavy atom. The molecule has 1 aliphatic heterocycles. The fraction of sp³-hybridized carbons (Fsp3) is 0.444. The minimum absolute atomic E-state index is 0.237. The van der Waals surface area contributed by atoms with Crippen molar-refractivity contribution in [2.75, 3.05) is 6.54 Å². The van der Waals surface area contributed by atoms with Crippen LogP contribution in [0.4, 0.5) is 4.79 Å². The number of hydrogen-bond donors (Lipinski definition) is 2. The Balaban J connectivity index is 1.89. The molecule has 0 saturated carbocycles. The lowest BCUT2D eigenvalue weighted by molar-refractivity contribution is -0.144. The molecule has 2 aromatic rings. The quantitative estimate of drug-likeness (QED) is 0.632.